The number of hydrogen-bond acceptors (Lipinski definition) is 3. The number of rotatable bonds is 2. The maximum Gasteiger partial charge on any atom is 0.159 e. The molecule has 4 rings (SSSR count). The van der Waals surface area contributed by atoms with Gasteiger partial charge in [-0.3, -0.25) is 4.90 Å². The molecule has 0 atom stereocenters. The lowest BCUT2D eigenvalue weighted by Crippen LogP contribution is -2.30. The molecule has 0 N–H and O–H groups in total. The quantitative estimate of drug-likeness (QED) is 0.726. The summed E-state index contributed by atoms with van der Waals surface area (Å²) in [5.74, 6) is -0.184. The van der Waals surface area contributed by atoms with Crippen LogP contribution in [-0.4, -0.2) is 21.4 Å². The molecule has 0 saturated carbocycles. The first-order valence-electron chi connectivity index (χ1n) is 7.48. The summed E-state index contributed by atoms with van der Waals surface area (Å²) in [5, 5.41) is 1.09. The van der Waals surface area contributed by atoms with Gasteiger partial charge in [-0.1, -0.05) is 12.1 Å². The molecule has 4 heteroatoms. The van der Waals surface area contributed by atoms with Crippen molar-refractivity contribution in [1.82, 2.24) is 14.9 Å². The van der Waals surface area contributed by atoms with Gasteiger partial charge in [0.1, 0.15) is 5.82 Å². The Labute approximate surface area is 128 Å². The molecular formula is C18H16FN3. The SMILES string of the molecule is Fc1ccc(CN2CCc3nc4ncccc4cc3C2)cc1. The fourth-order valence-electron chi connectivity index (χ4n) is 3.01. The zero-order chi connectivity index (χ0) is 14.9. The molecule has 3 heterocycles. The van der Waals surface area contributed by atoms with Gasteiger partial charge in [-0.05, 0) is 41.5 Å². The van der Waals surface area contributed by atoms with Crippen LogP contribution < -0.4 is 0 Å². The molecule has 0 unspecified atom stereocenters. The van der Waals surface area contributed by atoms with Gasteiger partial charge >= 0.3 is 0 Å². The Hall–Kier alpha value is -2.33. The molecule has 0 radical (unpaired) electrons. The van der Waals surface area contributed by atoms with Crippen molar-refractivity contribution >= 4 is 11.0 Å². The molecule has 1 aromatic carbocycles. The summed E-state index contributed by atoms with van der Waals surface area (Å²) in [4.78, 5) is 11.4. The maximum absolute atomic E-state index is 13.0. The van der Waals surface area contributed by atoms with Crippen LogP contribution in [0, 0.1) is 5.82 Å². The first-order chi connectivity index (χ1) is 10.8. The molecule has 3 aromatic rings. The van der Waals surface area contributed by atoms with E-state index in [4.69, 9.17) is 0 Å². The molecule has 2 aromatic heterocycles. The Morgan fingerprint density at radius 3 is 2.86 bits per heavy atom. The summed E-state index contributed by atoms with van der Waals surface area (Å²) in [7, 11) is 0. The largest absolute Gasteiger partial charge is 0.294 e. The third kappa shape index (κ3) is 2.57. The lowest BCUT2D eigenvalue weighted by molar-refractivity contribution is 0.243. The van der Waals surface area contributed by atoms with E-state index < -0.39 is 0 Å². The lowest BCUT2D eigenvalue weighted by atomic mass is 10.0. The van der Waals surface area contributed by atoms with E-state index in [1.54, 1.807) is 6.20 Å². The molecule has 3 nitrogen and oxygen atoms in total. The van der Waals surface area contributed by atoms with Crippen molar-refractivity contribution in [3.8, 4) is 0 Å². The number of halogens is 1. The van der Waals surface area contributed by atoms with Crippen molar-refractivity contribution in [1.29, 1.82) is 0 Å². The Balaban J connectivity index is 1.58. The second kappa shape index (κ2) is 5.46. The molecule has 0 spiro atoms. The van der Waals surface area contributed by atoms with E-state index in [2.05, 4.69) is 27.0 Å². The van der Waals surface area contributed by atoms with Crippen LogP contribution in [-0.2, 0) is 19.5 Å². The summed E-state index contributed by atoms with van der Waals surface area (Å²) in [6.07, 6.45) is 2.72. The Morgan fingerprint density at radius 1 is 1.14 bits per heavy atom. The summed E-state index contributed by atoms with van der Waals surface area (Å²) in [6, 6.07) is 12.9. The van der Waals surface area contributed by atoms with E-state index in [1.807, 2.05) is 18.2 Å². The molecule has 0 bridgehead atoms. The number of pyridine rings is 2. The number of hydrogen-bond donors (Lipinski definition) is 0. The van der Waals surface area contributed by atoms with E-state index in [-0.39, 0.29) is 5.82 Å². The van der Waals surface area contributed by atoms with Crippen molar-refractivity contribution in [2.75, 3.05) is 6.54 Å². The van der Waals surface area contributed by atoms with Gasteiger partial charge in [-0.25, -0.2) is 14.4 Å². The highest BCUT2D eigenvalue weighted by Gasteiger charge is 2.18. The lowest BCUT2D eigenvalue weighted by Gasteiger charge is -2.28. The van der Waals surface area contributed by atoms with Crippen molar-refractivity contribution < 1.29 is 4.39 Å². The topological polar surface area (TPSA) is 29.0 Å². The molecule has 1 aliphatic rings. The van der Waals surface area contributed by atoms with Crippen LogP contribution in [0.4, 0.5) is 4.39 Å². The monoisotopic (exact) mass is 293 g/mol. The van der Waals surface area contributed by atoms with E-state index in [1.165, 1.54) is 17.7 Å². The molecular weight excluding hydrogens is 277 g/mol. The Kier molecular flexibility index (Phi) is 3.31. The zero-order valence-electron chi connectivity index (χ0n) is 12.2. The van der Waals surface area contributed by atoms with E-state index >= 15 is 0 Å². The fraction of sp³-hybridized carbons (Fsp3) is 0.222. The average Bonchev–Trinajstić information content (AvgIpc) is 2.55. The van der Waals surface area contributed by atoms with Gasteiger partial charge < -0.3 is 0 Å². The predicted molar refractivity (Wildman–Crippen MR) is 83.8 cm³/mol. The van der Waals surface area contributed by atoms with Crippen molar-refractivity contribution in [2.24, 2.45) is 0 Å². The standard InChI is InChI=1S/C18H16FN3/c19-16-5-3-13(4-6-16)11-22-9-7-17-15(12-22)10-14-2-1-8-20-18(14)21-17/h1-6,8,10H,7,9,11-12H2. The molecule has 1 aliphatic heterocycles. The van der Waals surface area contributed by atoms with Crippen LogP contribution in [0.5, 0.6) is 0 Å². The highest BCUT2D eigenvalue weighted by molar-refractivity contribution is 5.75. The van der Waals surface area contributed by atoms with Gasteiger partial charge in [0.25, 0.3) is 0 Å². The summed E-state index contributed by atoms with van der Waals surface area (Å²) in [6.45, 7) is 2.69. The number of aromatic nitrogens is 2. The number of fused-ring (bicyclic) bond motifs is 2. The average molecular weight is 293 g/mol. The number of benzene rings is 1. The normalized spacial score (nSPS) is 15.0. The summed E-state index contributed by atoms with van der Waals surface area (Å²) < 4.78 is 13.0. The summed E-state index contributed by atoms with van der Waals surface area (Å²) in [5.41, 5.74) is 4.39. The third-order valence-corrected chi connectivity index (χ3v) is 4.14. The first kappa shape index (κ1) is 13.3. The molecule has 0 amide bonds. The molecule has 0 saturated heterocycles. The van der Waals surface area contributed by atoms with Gasteiger partial charge in [0, 0.05) is 43.3 Å². The molecule has 22 heavy (non-hydrogen) atoms. The first-order valence-corrected chi connectivity index (χ1v) is 7.48. The van der Waals surface area contributed by atoms with E-state index in [9.17, 15) is 4.39 Å². The minimum Gasteiger partial charge on any atom is -0.294 e. The van der Waals surface area contributed by atoms with Crippen LogP contribution in [0.1, 0.15) is 16.8 Å². The van der Waals surface area contributed by atoms with E-state index in [0.29, 0.717) is 0 Å². The van der Waals surface area contributed by atoms with Gasteiger partial charge in [-0.2, -0.15) is 0 Å². The molecule has 0 fully saturated rings. The van der Waals surface area contributed by atoms with Gasteiger partial charge in [0.15, 0.2) is 5.65 Å². The maximum atomic E-state index is 13.0. The van der Waals surface area contributed by atoms with Crippen molar-refractivity contribution in [2.45, 2.75) is 19.5 Å². The van der Waals surface area contributed by atoms with Crippen LogP contribution in [0.15, 0.2) is 48.7 Å². The van der Waals surface area contributed by atoms with Gasteiger partial charge in [0.05, 0.1) is 0 Å². The van der Waals surface area contributed by atoms with E-state index in [0.717, 1.165) is 48.3 Å². The summed E-state index contributed by atoms with van der Waals surface area (Å²) >= 11 is 0. The third-order valence-electron chi connectivity index (χ3n) is 4.14. The van der Waals surface area contributed by atoms with Crippen LogP contribution in [0.25, 0.3) is 11.0 Å². The van der Waals surface area contributed by atoms with Crippen molar-refractivity contribution in [3.05, 3.63) is 71.3 Å². The highest BCUT2D eigenvalue weighted by Crippen LogP contribution is 2.22. The fourth-order valence-corrected chi connectivity index (χ4v) is 3.01. The minimum absolute atomic E-state index is 0.184. The minimum atomic E-state index is -0.184. The Bertz CT molecular complexity index is 814. The molecule has 110 valence electrons. The van der Waals surface area contributed by atoms with Gasteiger partial charge in [0.2, 0.25) is 0 Å². The zero-order valence-corrected chi connectivity index (χ0v) is 12.2. The highest BCUT2D eigenvalue weighted by atomic mass is 19.1. The second-order valence-electron chi connectivity index (χ2n) is 5.73. The number of nitrogens with zero attached hydrogens (tertiary/aromatic N) is 3. The van der Waals surface area contributed by atoms with Crippen LogP contribution >= 0.6 is 0 Å². The van der Waals surface area contributed by atoms with Crippen LogP contribution in [0.2, 0.25) is 0 Å². The predicted octanol–water partition coefficient (Wildman–Crippen LogP) is 3.33. The van der Waals surface area contributed by atoms with Crippen molar-refractivity contribution in [3.63, 3.8) is 0 Å². The second-order valence-corrected chi connectivity index (χ2v) is 5.73. The van der Waals surface area contributed by atoms with Crippen LogP contribution in [0.3, 0.4) is 0 Å². The van der Waals surface area contributed by atoms with Gasteiger partial charge in [-0.15, -0.1) is 0 Å². The smallest absolute Gasteiger partial charge is 0.159 e. The Morgan fingerprint density at radius 2 is 2.00 bits per heavy atom. The molecule has 0 aliphatic carbocycles.